The molecule has 0 aliphatic heterocycles. The summed E-state index contributed by atoms with van der Waals surface area (Å²) in [6, 6.07) is 7.51. The van der Waals surface area contributed by atoms with E-state index in [1.54, 1.807) is 10.7 Å². The number of ether oxygens (including phenoxy) is 1. The van der Waals surface area contributed by atoms with Gasteiger partial charge in [0.25, 0.3) is 0 Å². The summed E-state index contributed by atoms with van der Waals surface area (Å²) in [4.78, 5) is 0. The summed E-state index contributed by atoms with van der Waals surface area (Å²) in [7, 11) is 0. The van der Waals surface area contributed by atoms with Crippen molar-refractivity contribution in [3.8, 4) is 5.75 Å². The molecule has 0 amide bonds. The zero-order valence-corrected chi connectivity index (χ0v) is 8.79. The van der Waals surface area contributed by atoms with Gasteiger partial charge < -0.3 is 4.74 Å². The Bertz CT molecular complexity index is 647. The lowest BCUT2D eigenvalue weighted by Crippen LogP contribution is -1.97. The van der Waals surface area contributed by atoms with Crippen LogP contribution in [0.2, 0.25) is 0 Å². The van der Waals surface area contributed by atoms with E-state index in [9.17, 15) is 0 Å². The molecule has 16 heavy (non-hydrogen) atoms. The van der Waals surface area contributed by atoms with Gasteiger partial charge in [0, 0.05) is 12.1 Å². The van der Waals surface area contributed by atoms with Crippen molar-refractivity contribution >= 4 is 16.7 Å². The number of nitrogens with zero attached hydrogens (tertiary/aromatic N) is 4. The summed E-state index contributed by atoms with van der Waals surface area (Å²) in [5.74, 6) is 0.819. The molecule has 0 saturated heterocycles. The first-order chi connectivity index (χ1) is 7.88. The molecule has 0 spiro atoms. The number of benzene rings is 1. The van der Waals surface area contributed by atoms with E-state index in [1.165, 1.54) is 0 Å². The summed E-state index contributed by atoms with van der Waals surface area (Å²) in [6.45, 7) is 2.60. The van der Waals surface area contributed by atoms with E-state index in [0.717, 1.165) is 22.4 Å². The van der Waals surface area contributed by atoms with E-state index in [0.29, 0.717) is 6.61 Å². The Morgan fingerprint density at radius 1 is 1.25 bits per heavy atom. The number of fused-ring (bicyclic) bond motifs is 3. The van der Waals surface area contributed by atoms with Gasteiger partial charge in [-0.3, -0.25) is 0 Å². The lowest BCUT2D eigenvalue weighted by atomic mass is 10.3. The van der Waals surface area contributed by atoms with Gasteiger partial charge in [-0.15, -0.1) is 10.2 Å². The minimum atomic E-state index is 0.645. The van der Waals surface area contributed by atoms with E-state index < -0.39 is 0 Å². The quantitative estimate of drug-likeness (QED) is 0.651. The van der Waals surface area contributed by atoms with Gasteiger partial charge in [0.05, 0.1) is 18.3 Å². The second-order valence-electron chi connectivity index (χ2n) is 3.38. The van der Waals surface area contributed by atoms with Crippen molar-refractivity contribution in [1.82, 2.24) is 19.8 Å². The van der Waals surface area contributed by atoms with Gasteiger partial charge in [-0.25, -0.2) is 4.52 Å². The SMILES string of the molecule is CCOc1ccc2nnc3ccnn3c2c1. The van der Waals surface area contributed by atoms with Crippen molar-refractivity contribution in [3.05, 3.63) is 30.5 Å². The van der Waals surface area contributed by atoms with Crippen molar-refractivity contribution in [2.45, 2.75) is 6.92 Å². The summed E-state index contributed by atoms with van der Waals surface area (Å²) in [5, 5.41) is 12.4. The Hall–Kier alpha value is -2.17. The van der Waals surface area contributed by atoms with Crippen LogP contribution >= 0.6 is 0 Å². The third-order valence-electron chi connectivity index (χ3n) is 2.37. The predicted octanol–water partition coefficient (Wildman–Crippen LogP) is 1.68. The highest BCUT2D eigenvalue weighted by Gasteiger charge is 2.04. The summed E-state index contributed by atoms with van der Waals surface area (Å²) in [6.07, 6.45) is 1.71. The van der Waals surface area contributed by atoms with Crippen LogP contribution in [0.5, 0.6) is 5.75 Å². The Balaban J connectivity index is 2.33. The molecule has 0 saturated carbocycles. The first kappa shape index (κ1) is 9.08. The lowest BCUT2D eigenvalue weighted by Gasteiger charge is -2.04. The van der Waals surface area contributed by atoms with Crippen LogP contribution in [0, 0.1) is 0 Å². The van der Waals surface area contributed by atoms with Crippen LogP contribution < -0.4 is 4.74 Å². The Labute approximate surface area is 91.7 Å². The molecule has 2 heterocycles. The molecule has 0 aliphatic carbocycles. The van der Waals surface area contributed by atoms with Gasteiger partial charge in [-0.1, -0.05) is 0 Å². The monoisotopic (exact) mass is 214 g/mol. The van der Waals surface area contributed by atoms with Crippen LogP contribution in [0.1, 0.15) is 6.92 Å². The lowest BCUT2D eigenvalue weighted by molar-refractivity contribution is 0.340. The van der Waals surface area contributed by atoms with Crippen molar-refractivity contribution < 1.29 is 4.74 Å². The first-order valence-electron chi connectivity index (χ1n) is 5.11. The molecule has 5 heteroatoms. The van der Waals surface area contributed by atoms with E-state index >= 15 is 0 Å². The van der Waals surface area contributed by atoms with Crippen LogP contribution in [0.15, 0.2) is 30.5 Å². The number of rotatable bonds is 2. The van der Waals surface area contributed by atoms with Crippen molar-refractivity contribution in [2.24, 2.45) is 0 Å². The Morgan fingerprint density at radius 3 is 3.06 bits per heavy atom. The Morgan fingerprint density at radius 2 is 2.19 bits per heavy atom. The van der Waals surface area contributed by atoms with Crippen molar-refractivity contribution in [1.29, 1.82) is 0 Å². The minimum Gasteiger partial charge on any atom is -0.494 e. The molecule has 1 aromatic carbocycles. The maximum absolute atomic E-state index is 5.45. The van der Waals surface area contributed by atoms with E-state index in [1.807, 2.05) is 31.2 Å². The smallest absolute Gasteiger partial charge is 0.177 e. The van der Waals surface area contributed by atoms with Crippen molar-refractivity contribution in [2.75, 3.05) is 6.61 Å². The molecule has 0 aliphatic rings. The molecular formula is C11H10N4O. The van der Waals surface area contributed by atoms with Gasteiger partial charge in [-0.05, 0) is 19.1 Å². The van der Waals surface area contributed by atoms with Crippen LogP contribution in [0.4, 0.5) is 0 Å². The van der Waals surface area contributed by atoms with Gasteiger partial charge in [0.15, 0.2) is 5.65 Å². The molecule has 0 radical (unpaired) electrons. The van der Waals surface area contributed by atoms with Crippen LogP contribution in [-0.2, 0) is 0 Å². The second kappa shape index (κ2) is 3.44. The maximum atomic E-state index is 5.45. The predicted molar refractivity (Wildman–Crippen MR) is 59.5 cm³/mol. The maximum Gasteiger partial charge on any atom is 0.177 e. The molecule has 3 rings (SSSR count). The molecule has 0 N–H and O–H groups in total. The highest BCUT2D eigenvalue weighted by molar-refractivity contribution is 5.77. The molecule has 2 aromatic heterocycles. The van der Waals surface area contributed by atoms with Gasteiger partial charge in [-0.2, -0.15) is 5.10 Å². The minimum absolute atomic E-state index is 0.645. The largest absolute Gasteiger partial charge is 0.494 e. The zero-order valence-electron chi connectivity index (χ0n) is 8.79. The summed E-state index contributed by atoms with van der Waals surface area (Å²) in [5.41, 5.74) is 2.45. The zero-order chi connectivity index (χ0) is 11.0. The summed E-state index contributed by atoms with van der Waals surface area (Å²) >= 11 is 0. The molecule has 0 atom stereocenters. The first-order valence-corrected chi connectivity index (χ1v) is 5.11. The molecule has 0 bridgehead atoms. The molecule has 3 aromatic rings. The van der Waals surface area contributed by atoms with Gasteiger partial charge >= 0.3 is 0 Å². The van der Waals surface area contributed by atoms with E-state index in [-0.39, 0.29) is 0 Å². The van der Waals surface area contributed by atoms with Crippen LogP contribution in [-0.4, -0.2) is 26.4 Å². The van der Waals surface area contributed by atoms with Crippen LogP contribution in [0.25, 0.3) is 16.7 Å². The molecule has 0 unspecified atom stereocenters. The van der Waals surface area contributed by atoms with E-state index in [2.05, 4.69) is 15.3 Å². The van der Waals surface area contributed by atoms with Crippen LogP contribution in [0.3, 0.4) is 0 Å². The third-order valence-corrected chi connectivity index (χ3v) is 2.37. The standard InChI is InChI=1S/C11H10N4O/c1-2-16-8-3-4-9-10(7-8)15-11(14-13-9)5-6-12-15/h3-7H,2H2,1H3. The summed E-state index contributed by atoms with van der Waals surface area (Å²) < 4.78 is 7.20. The van der Waals surface area contributed by atoms with Crippen molar-refractivity contribution in [3.63, 3.8) is 0 Å². The number of aromatic nitrogens is 4. The molecule has 80 valence electrons. The Kier molecular flexibility index (Phi) is 1.96. The highest BCUT2D eigenvalue weighted by atomic mass is 16.5. The van der Waals surface area contributed by atoms with Gasteiger partial charge in [0.2, 0.25) is 0 Å². The fourth-order valence-electron chi connectivity index (χ4n) is 1.68. The molecule has 0 fully saturated rings. The average Bonchev–Trinajstić information content (AvgIpc) is 2.78. The third kappa shape index (κ3) is 1.29. The fraction of sp³-hybridized carbons (Fsp3) is 0.182. The fourth-order valence-corrected chi connectivity index (χ4v) is 1.68. The molecule has 5 nitrogen and oxygen atoms in total. The highest BCUT2D eigenvalue weighted by Crippen LogP contribution is 2.19. The number of hydrogen-bond acceptors (Lipinski definition) is 4. The van der Waals surface area contributed by atoms with Gasteiger partial charge in [0.1, 0.15) is 11.3 Å². The average molecular weight is 214 g/mol. The number of hydrogen-bond donors (Lipinski definition) is 0. The topological polar surface area (TPSA) is 52.3 Å². The normalized spacial score (nSPS) is 11.1. The molecular weight excluding hydrogens is 204 g/mol. The second-order valence-corrected chi connectivity index (χ2v) is 3.38. The van der Waals surface area contributed by atoms with E-state index in [4.69, 9.17) is 4.74 Å².